The van der Waals surface area contributed by atoms with Crippen LogP contribution in [-0.4, -0.2) is 17.2 Å². The summed E-state index contributed by atoms with van der Waals surface area (Å²) < 4.78 is 5.64. The van der Waals surface area contributed by atoms with Crippen molar-refractivity contribution in [3.63, 3.8) is 0 Å². The van der Waals surface area contributed by atoms with Gasteiger partial charge in [-0.3, -0.25) is 5.32 Å². The van der Waals surface area contributed by atoms with Gasteiger partial charge in [0.1, 0.15) is 11.5 Å². The number of carboxylic acid groups (broad SMARTS) is 1. The van der Waals surface area contributed by atoms with Crippen LogP contribution in [0.2, 0.25) is 0 Å². The lowest BCUT2D eigenvalue weighted by Crippen LogP contribution is -2.14. The van der Waals surface area contributed by atoms with Crippen LogP contribution in [0, 0.1) is 0 Å². The molecule has 0 unspecified atom stereocenters. The normalized spacial score (nSPS) is 10.1. The van der Waals surface area contributed by atoms with Crippen molar-refractivity contribution in [3.8, 4) is 0 Å². The van der Waals surface area contributed by atoms with Crippen LogP contribution < -0.4 is 5.32 Å². The summed E-state index contributed by atoms with van der Waals surface area (Å²) in [4.78, 5) is 22.7. The Morgan fingerprint density at radius 1 is 1.30 bits per heavy atom. The van der Waals surface area contributed by atoms with Gasteiger partial charge in [-0.25, -0.2) is 9.59 Å². The zero-order valence-corrected chi connectivity index (χ0v) is 12.5. The third-order valence-corrected chi connectivity index (χ3v) is 3.97. The number of carbonyl (C=O) groups is 2. The minimum Gasteiger partial charge on any atom is -0.477 e. The maximum atomic E-state index is 11.6. The molecule has 0 aliphatic carbocycles. The summed E-state index contributed by atoms with van der Waals surface area (Å²) in [6, 6.07) is 10.7. The van der Waals surface area contributed by atoms with Crippen LogP contribution in [0.25, 0.3) is 0 Å². The average Bonchev–Trinajstić information content (AvgIpc) is 2.79. The van der Waals surface area contributed by atoms with Gasteiger partial charge in [-0.15, -0.1) is 11.3 Å². The Kier molecular flexibility index (Phi) is 4.75. The quantitative estimate of drug-likeness (QED) is 0.870. The van der Waals surface area contributed by atoms with Crippen molar-refractivity contribution in [2.24, 2.45) is 0 Å². The second-order valence-electron chi connectivity index (χ2n) is 3.79. The number of thiophene rings is 1. The molecular weight excluding hydrogens is 346 g/mol. The molecule has 1 aromatic carbocycles. The van der Waals surface area contributed by atoms with Gasteiger partial charge in [0.2, 0.25) is 0 Å². The number of aromatic carboxylic acids is 1. The number of carboxylic acids is 1. The van der Waals surface area contributed by atoms with Crippen LogP contribution in [0.5, 0.6) is 0 Å². The first-order chi connectivity index (χ1) is 9.56. The molecule has 104 valence electrons. The molecule has 7 heteroatoms. The van der Waals surface area contributed by atoms with Crippen LogP contribution >= 0.6 is 27.3 Å². The predicted molar refractivity (Wildman–Crippen MR) is 79.2 cm³/mol. The van der Waals surface area contributed by atoms with Gasteiger partial charge in [0.15, 0.2) is 0 Å². The molecule has 2 rings (SSSR count). The van der Waals surface area contributed by atoms with Gasteiger partial charge >= 0.3 is 12.1 Å². The maximum absolute atomic E-state index is 11.6. The monoisotopic (exact) mass is 355 g/mol. The van der Waals surface area contributed by atoms with Gasteiger partial charge in [0.25, 0.3) is 0 Å². The third-order valence-electron chi connectivity index (χ3n) is 2.35. The van der Waals surface area contributed by atoms with Crippen molar-refractivity contribution in [1.29, 1.82) is 0 Å². The van der Waals surface area contributed by atoms with Crippen molar-refractivity contribution in [2.45, 2.75) is 6.61 Å². The summed E-state index contributed by atoms with van der Waals surface area (Å²) >= 11 is 4.21. The Morgan fingerprint density at radius 2 is 2.00 bits per heavy atom. The summed E-state index contributed by atoms with van der Waals surface area (Å²) in [5.41, 5.74) is 1.07. The highest BCUT2D eigenvalue weighted by atomic mass is 79.9. The molecule has 20 heavy (non-hydrogen) atoms. The summed E-state index contributed by atoms with van der Waals surface area (Å²) in [5, 5.41) is 11.4. The third kappa shape index (κ3) is 3.82. The number of nitrogens with one attached hydrogen (secondary N) is 1. The van der Waals surface area contributed by atoms with Crippen molar-refractivity contribution in [3.05, 3.63) is 50.6 Å². The number of ether oxygens (including phenoxy) is 1. The van der Waals surface area contributed by atoms with Crippen molar-refractivity contribution >= 4 is 45.0 Å². The molecule has 0 aliphatic heterocycles. The first-order valence-electron chi connectivity index (χ1n) is 5.56. The molecule has 5 nitrogen and oxygen atoms in total. The Bertz CT molecular complexity index is 627. The van der Waals surface area contributed by atoms with Gasteiger partial charge in [-0.1, -0.05) is 30.3 Å². The van der Waals surface area contributed by atoms with E-state index in [9.17, 15) is 9.59 Å². The molecule has 0 aliphatic rings. The Morgan fingerprint density at radius 3 is 2.65 bits per heavy atom. The minimum absolute atomic E-state index is 0.0496. The lowest BCUT2D eigenvalue weighted by Gasteiger charge is -2.06. The van der Waals surface area contributed by atoms with Gasteiger partial charge in [-0.2, -0.15) is 0 Å². The van der Waals surface area contributed by atoms with Gasteiger partial charge in [0.05, 0.1) is 9.47 Å². The number of anilines is 1. The van der Waals surface area contributed by atoms with E-state index in [4.69, 9.17) is 9.84 Å². The van der Waals surface area contributed by atoms with Crippen LogP contribution in [0.3, 0.4) is 0 Å². The smallest absolute Gasteiger partial charge is 0.412 e. The molecule has 1 amide bonds. The second kappa shape index (κ2) is 6.53. The number of hydrogen-bond acceptors (Lipinski definition) is 4. The largest absolute Gasteiger partial charge is 0.477 e. The minimum atomic E-state index is -1.10. The Labute approximate surface area is 127 Å². The summed E-state index contributed by atoms with van der Waals surface area (Å²) in [6.07, 6.45) is -0.693. The zero-order valence-electron chi connectivity index (χ0n) is 10.1. The summed E-state index contributed by atoms with van der Waals surface area (Å²) in [5.74, 6) is -1.10. The van der Waals surface area contributed by atoms with E-state index < -0.39 is 12.1 Å². The van der Waals surface area contributed by atoms with Crippen molar-refractivity contribution in [2.75, 3.05) is 5.32 Å². The molecule has 1 heterocycles. The van der Waals surface area contributed by atoms with E-state index in [-0.39, 0.29) is 17.2 Å². The molecule has 1 aromatic heterocycles. The number of carbonyl (C=O) groups excluding carboxylic acids is 1. The fraction of sp³-hybridized carbons (Fsp3) is 0.0769. The number of amides is 1. The van der Waals surface area contributed by atoms with Crippen molar-refractivity contribution in [1.82, 2.24) is 0 Å². The highest BCUT2D eigenvalue weighted by molar-refractivity contribution is 9.11. The zero-order chi connectivity index (χ0) is 14.5. The molecule has 0 saturated heterocycles. The summed E-state index contributed by atoms with van der Waals surface area (Å²) in [6.45, 7) is 0.125. The van der Waals surface area contributed by atoms with Gasteiger partial charge < -0.3 is 9.84 Å². The number of hydrogen-bond donors (Lipinski definition) is 2. The fourth-order valence-corrected chi connectivity index (χ4v) is 2.88. The van der Waals surface area contributed by atoms with Crippen LogP contribution in [0.1, 0.15) is 15.2 Å². The van der Waals surface area contributed by atoms with Crippen LogP contribution in [0.15, 0.2) is 40.2 Å². The Balaban J connectivity index is 1.96. The fourth-order valence-electron chi connectivity index (χ4n) is 1.48. The van der Waals surface area contributed by atoms with Crippen molar-refractivity contribution < 1.29 is 19.4 Å². The maximum Gasteiger partial charge on any atom is 0.412 e. The molecule has 0 atom stereocenters. The highest BCUT2D eigenvalue weighted by Gasteiger charge is 2.17. The van der Waals surface area contributed by atoms with Crippen LogP contribution in [-0.2, 0) is 11.3 Å². The van der Waals surface area contributed by atoms with E-state index >= 15 is 0 Å². The van der Waals surface area contributed by atoms with E-state index in [0.29, 0.717) is 3.79 Å². The summed E-state index contributed by atoms with van der Waals surface area (Å²) in [7, 11) is 0. The topological polar surface area (TPSA) is 75.6 Å². The molecule has 0 fully saturated rings. The van der Waals surface area contributed by atoms with Gasteiger partial charge in [-0.05, 0) is 27.6 Å². The van der Waals surface area contributed by atoms with E-state index in [1.54, 1.807) is 0 Å². The van der Waals surface area contributed by atoms with E-state index in [1.807, 2.05) is 30.3 Å². The SMILES string of the molecule is O=C(Nc1cc(Br)sc1C(=O)O)OCc1ccccc1. The number of benzene rings is 1. The van der Waals surface area contributed by atoms with Gasteiger partial charge in [0, 0.05) is 0 Å². The van der Waals surface area contributed by atoms with Crippen LogP contribution in [0.4, 0.5) is 10.5 Å². The highest BCUT2D eigenvalue weighted by Crippen LogP contribution is 2.31. The lowest BCUT2D eigenvalue weighted by molar-refractivity contribution is 0.0703. The molecule has 0 saturated carbocycles. The molecule has 2 aromatic rings. The molecule has 0 bridgehead atoms. The standard InChI is InChI=1S/C13H10BrNO4S/c14-10-6-9(11(20-10)12(16)17)15-13(18)19-7-8-4-2-1-3-5-8/h1-6H,7H2,(H,15,18)(H,16,17). The molecule has 0 spiro atoms. The lowest BCUT2D eigenvalue weighted by atomic mass is 10.2. The molecular formula is C13H10BrNO4S. The van der Waals surface area contributed by atoms with E-state index in [2.05, 4.69) is 21.2 Å². The molecule has 2 N–H and O–H groups in total. The second-order valence-corrected chi connectivity index (χ2v) is 6.22. The molecule has 0 radical (unpaired) electrons. The predicted octanol–water partition coefficient (Wildman–Crippen LogP) is 3.96. The van der Waals surface area contributed by atoms with E-state index in [1.165, 1.54) is 6.07 Å². The first-order valence-corrected chi connectivity index (χ1v) is 7.17. The average molecular weight is 356 g/mol. The van der Waals surface area contributed by atoms with E-state index in [0.717, 1.165) is 16.9 Å². The number of halogens is 1. The first kappa shape index (κ1) is 14.5. The number of rotatable bonds is 4. The Hall–Kier alpha value is -1.86.